The number of hydrogen-bond donors (Lipinski definition) is 1. The zero-order chi connectivity index (χ0) is 16.8. The molecule has 3 rings (SSSR count). The van der Waals surface area contributed by atoms with E-state index in [0.717, 1.165) is 50.7 Å². The van der Waals surface area contributed by atoms with E-state index in [-0.39, 0.29) is 18.0 Å². The van der Waals surface area contributed by atoms with Gasteiger partial charge in [-0.2, -0.15) is 0 Å². The number of aromatic nitrogens is 2. The van der Waals surface area contributed by atoms with Crippen LogP contribution in [0.5, 0.6) is 0 Å². The van der Waals surface area contributed by atoms with Gasteiger partial charge in [0.1, 0.15) is 12.0 Å². The molecule has 1 aliphatic rings. The third-order valence-corrected chi connectivity index (χ3v) is 4.71. The molecule has 0 saturated carbocycles. The highest BCUT2D eigenvalue weighted by molar-refractivity contribution is 5.46. The Balaban J connectivity index is 1.69. The largest absolute Gasteiger partial charge is 0.337 e. The number of hydrogen-bond acceptors (Lipinski definition) is 3. The van der Waals surface area contributed by atoms with Gasteiger partial charge in [0.25, 0.3) is 0 Å². The van der Waals surface area contributed by atoms with Gasteiger partial charge in [-0.05, 0) is 43.5 Å². The van der Waals surface area contributed by atoms with Gasteiger partial charge >= 0.3 is 0 Å². The lowest BCUT2D eigenvalue weighted by Crippen LogP contribution is -2.49. The minimum Gasteiger partial charge on any atom is -0.337 e. The van der Waals surface area contributed by atoms with Crippen LogP contribution in [0.3, 0.4) is 0 Å². The van der Waals surface area contributed by atoms with E-state index >= 15 is 0 Å². The molecule has 1 amide bonds. The SMILES string of the molecule is O=CNC(C1CCCCN1CCc1ccc(F)cc1)n1ccnc1. The number of piperidine rings is 1. The maximum absolute atomic E-state index is 13.0. The Bertz CT molecular complexity index is 629. The van der Waals surface area contributed by atoms with Crippen LogP contribution in [0, 0.1) is 5.82 Å². The summed E-state index contributed by atoms with van der Waals surface area (Å²) in [6.07, 6.45) is 10.2. The van der Waals surface area contributed by atoms with E-state index in [1.165, 1.54) is 12.1 Å². The summed E-state index contributed by atoms with van der Waals surface area (Å²) in [6.45, 7) is 1.90. The van der Waals surface area contributed by atoms with Gasteiger partial charge in [0.05, 0.1) is 6.33 Å². The molecule has 1 fully saturated rings. The van der Waals surface area contributed by atoms with Crippen molar-refractivity contribution in [2.24, 2.45) is 0 Å². The predicted molar refractivity (Wildman–Crippen MR) is 89.8 cm³/mol. The highest BCUT2D eigenvalue weighted by Gasteiger charge is 2.30. The lowest BCUT2D eigenvalue weighted by atomic mass is 9.98. The zero-order valence-corrected chi connectivity index (χ0v) is 13.6. The smallest absolute Gasteiger partial charge is 0.208 e. The van der Waals surface area contributed by atoms with Gasteiger partial charge in [-0.15, -0.1) is 0 Å². The summed E-state index contributed by atoms with van der Waals surface area (Å²) in [6, 6.07) is 6.92. The highest BCUT2D eigenvalue weighted by Crippen LogP contribution is 2.25. The number of nitrogens with one attached hydrogen (secondary N) is 1. The second-order valence-electron chi connectivity index (χ2n) is 6.21. The van der Waals surface area contributed by atoms with E-state index in [2.05, 4.69) is 15.2 Å². The number of carbonyl (C=O) groups is 1. The van der Waals surface area contributed by atoms with Crippen molar-refractivity contribution in [1.82, 2.24) is 19.8 Å². The monoisotopic (exact) mass is 330 g/mol. The molecule has 128 valence electrons. The van der Waals surface area contributed by atoms with Gasteiger partial charge in [-0.1, -0.05) is 18.6 Å². The van der Waals surface area contributed by atoms with Gasteiger partial charge < -0.3 is 9.88 Å². The molecule has 0 bridgehead atoms. The Morgan fingerprint density at radius 1 is 1.33 bits per heavy atom. The molecule has 6 heteroatoms. The molecular formula is C18H23FN4O. The van der Waals surface area contributed by atoms with Crippen LogP contribution in [0.2, 0.25) is 0 Å². The van der Waals surface area contributed by atoms with E-state index in [1.807, 2.05) is 22.9 Å². The molecule has 0 spiro atoms. The maximum Gasteiger partial charge on any atom is 0.208 e. The first-order valence-corrected chi connectivity index (χ1v) is 8.43. The highest BCUT2D eigenvalue weighted by atomic mass is 19.1. The van der Waals surface area contributed by atoms with Crippen molar-refractivity contribution in [3.8, 4) is 0 Å². The van der Waals surface area contributed by atoms with Crippen molar-refractivity contribution in [3.63, 3.8) is 0 Å². The average Bonchev–Trinajstić information content (AvgIpc) is 3.14. The molecule has 5 nitrogen and oxygen atoms in total. The Morgan fingerprint density at radius 3 is 2.88 bits per heavy atom. The third-order valence-electron chi connectivity index (χ3n) is 4.71. The molecule has 1 saturated heterocycles. The van der Waals surface area contributed by atoms with Crippen molar-refractivity contribution < 1.29 is 9.18 Å². The second-order valence-corrected chi connectivity index (χ2v) is 6.21. The Labute approximate surface area is 141 Å². The summed E-state index contributed by atoms with van der Waals surface area (Å²) in [5.41, 5.74) is 1.13. The van der Waals surface area contributed by atoms with Crippen LogP contribution in [0.4, 0.5) is 4.39 Å². The first kappa shape index (κ1) is 16.6. The molecule has 2 aromatic rings. The van der Waals surface area contributed by atoms with Crippen molar-refractivity contribution in [2.75, 3.05) is 13.1 Å². The molecule has 2 atom stereocenters. The topological polar surface area (TPSA) is 50.2 Å². The summed E-state index contributed by atoms with van der Waals surface area (Å²) < 4.78 is 15.0. The van der Waals surface area contributed by atoms with Crippen molar-refractivity contribution >= 4 is 6.41 Å². The lowest BCUT2D eigenvalue weighted by molar-refractivity contribution is -0.111. The van der Waals surface area contributed by atoms with E-state index < -0.39 is 0 Å². The van der Waals surface area contributed by atoms with Crippen molar-refractivity contribution in [3.05, 3.63) is 54.4 Å². The first-order chi connectivity index (χ1) is 11.8. The van der Waals surface area contributed by atoms with Crippen LogP contribution in [-0.2, 0) is 11.2 Å². The van der Waals surface area contributed by atoms with Gasteiger partial charge in [0, 0.05) is 25.0 Å². The van der Waals surface area contributed by atoms with E-state index in [0.29, 0.717) is 0 Å². The van der Waals surface area contributed by atoms with Crippen LogP contribution < -0.4 is 5.32 Å². The number of amides is 1. The zero-order valence-electron chi connectivity index (χ0n) is 13.6. The fraction of sp³-hybridized carbons (Fsp3) is 0.444. The fourth-order valence-electron chi connectivity index (χ4n) is 3.48. The Hall–Kier alpha value is -2.21. The molecule has 1 N–H and O–H groups in total. The van der Waals surface area contributed by atoms with Crippen LogP contribution in [0.15, 0.2) is 43.0 Å². The van der Waals surface area contributed by atoms with Crippen LogP contribution >= 0.6 is 0 Å². The molecular weight excluding hydrogens is 307 g/mol. The minimum absolute atomic E-state index is 0.112. The van der Waals surface area contributed by atoms with E-state index in [9.17, 15) is 9.18 Å². The van der Waals surface area contributed by atoms with Crippen LogP contribution in [-0.4, -0.2) is 40.0 Å². The fourth-order valence-corrected chi connectivity index (χ4v) is 3.48. The summed E-state index contributed by atoms with van der Waals surface area (Å²) in [7, 11) is 0. The molecule has 2 unspecified atom stereocenters. The average molecular weight is 330 g/mol. The standard InChI is InChI=1S/C18H23FN4O/c19-16-6-4-15(5-7-16)8-11-22-10-2-1-3-17(22)18(21-14-24)23-12-9-20-13-23/h4-7,9,12-14,17-18H,1-3,8,10-11H2,(H,21,24). The summed E-state index contributed by atoms with van der Waals surface area (Å²) in [5.74, 6) is -0.204. The molecule has 0 aliphatic carbocycles. The van der Waals surface area contributed by atoms with Gasteiger partial charge in [0.15, 0.2) is 0 Å². The first-order valence-electron chi connectivity index (χ1n) is 8.43. The van der Waals surface area contributed by atoms with Gasteiger partial charge in [-0.25, -0.2) is 9.37 Å². The lowest BCUT2D eigenvalue weighted by Gasteiger charge is -2.40. The number of benzene rings is 1. The number of imidazole rings is 1. The molecule has 24 heavy (non-hydrogen) atoms. The maximum atomic E-state index is 13.0. The molecule has 1 aliphatic heterocycles. The second kappa shape index (κ2) is 8.06. The Morgan fingerprint density at radius 2 is 2.17 bits per heavy atom. The van der Waals surface area contributed by atoms with Gasteiger partial charge in [0.2, 0.25) is 6.41 Å². The summed E-state index contributed by atoms with van der Waals surface area (Å²) in [5, 5.41) is 2.94. The number of halogens is 1. The van der Waals surface area contributed by atoms with Crippen LogP contribution in [0.1, 0.15) is 31.0 Å². The number of carbonyl (C=O) groups excluding carboxylic acids is 1. The normalized spacial score (nSPS) is 19.8. The van der Waals surface area contributed by atoms with E-state index in [4.69, 9.17) is 0 Å². The summed E-state index contributed by atoms with van der Waals surface area (Å²) in [4.78, 5) is 17.6. The third kappa shape index (κ3) is 4.00. The van der Waals surface area contributed by atoms with Crippen molar-refractivity contribution in [1.29, 1.82) is 0 Å². The Kier molecular flexibility index (Phi) is 5.59. The number of rotatable bonds is 7. The van der Waals surface area contributed by atoms with Gasteiger partial charge in [-0.3, -0.25) is 9.69 Å². The predicted octanol–water partition coefficient (Wildman–Crippen LogP) is 2.36. The number of nitrogens with zero attached hydrogens (tertiary/aromatic N) is 3. The molecule has 1 aromatic carbocycles. The molecule has 2 heterocycles. The van der Waals surface area contributed by atoms with Crippen LogP contribution in [0.25, 0.3) is 0 Å². The summed E-state index contributed by atoms with van der Waals surface area (Å²) >= 11 is 0. The quantitative estimate of drug-likeness (QED) is 0.793. The molecule has 1 aromatic heterocycles. The number of likely N-dealkylation sites (tertiary alicyclic amines) is 1. The minimum atomic E-state index is -0.204. The van der Waals surface area contributed by atoms with E-state index in [1.54, 1.807) is 12.5 Å². The van der Waals surface area contributed by atoms with Crippen molar-refractivity contribution in [2.45, 2.75) is 37.9 Å². The molecule has 0 radical (unpaired) electrons.